The normalized spacial score (nSPS) is 12.9. The van der Waals surface area contributed by atoms with Crippen LogP contribution in [0.4, 0.5) is 0 Å². The summed E-state index contributed by atoms with van der Waals surface area (Å²) >= 11 is 0. The fourth-order valence-electron chi connectivity index (χ4n) is 1.49. The van der Waals surface area contributed by atoms with E-state index in [0.29, 0.717) is 11.3 Å². The van der Waals surface area contributed by atoms with Crippen LogP contribution in [0.15, 0.2) is 23.2 Å². The number of ether oxygens (including phenoxy) is 1. The highest BCUT2D eigenvalue weighted by atomic mass is 16.5. The van der Waals surface area contributed by atoms with Crippen molar-refractivity contribution in [2.75, 3.05) is 7.11 Å². The summed E-state index contributed by atoms with van der Waals surface area (Å²) in [4.78, 5) is 15.0. The summed E-state index contributed by atoms with van der Waals surface area (Å²) in [5.41, 5.74) is 0.432. The molecule has 98 valence electrons. The molecule has 5 nitrogen and oxygen atoms in total. The molecule has 1 aromatic carbocycles. The van der Waals surface area contributed by atoms with Crippen LogP contribution in [0.1, 0.15) is 19.4 Å². The number of aliphatic carboxylic acids is 1. The van der Waals surface area contributed by atoms with E-state index in [-0.39, 0.29) is 11.7 Å². The van der Waals surface area contributed by atoms with Crippen LogP contribution >= 0.6 is 0 Å². The molecule has 0 spiro atoms. The molecule has 0 amide bonds. The fourth-order valence-corrected chi connectivity index (χ4v) is 1.49. The Labute approximate surface area is 106 Å². The van der Waals surface area contributed by atoms with Gasteiger partial charge >= 0.3 is 5.97 Å². The van der Waals surface area contributed by atoms with E-state index in [1.54, 1.807) is 32.0 Å². The Morgan fingerprint density at radius 1 is 1.44 bits per heavy atom. The molecule has 0 aliphatic carbocycles. The number of aromatic hydroxyl groups is 1. The Kier molecular flexibility index (Phi) is 4.71. The van der Waals surface area contributed by atoms with Crippen molar-refractivity contribution in [1.82, 2.24) is 0 Å². The van der Waals surface area contributed by atoms with Crippen molar-refractivity contribution < 1.29 is 19.7 Å². The molecule has 0 radical (unpaired) electrons. The number of methoxy groups -OCH3 is 1. The molecule has 0 heterocycles. The molecule has 0 aliphatic heterocycles. The first-order valence-corrected chi connectivity index (χ1v) is 5.59. The van der Waals surface area contributed by atoms with Crippen LogP contribution in [0, 0.1) is 5.92 Å². The topological polar surface area (TPSA) is 79.1 Å². The summed E-state index contributed by atoms with van der Waals surface area (Å²) in [5.74, 6) is -0.817. The molecule has 2 N–H and O–H groups in total. The lowest BCUT2D eigenvalue weighted by molar-refractivity contribution is -0.139. The van der Waals surface area contributed by atoms with Gasteiger partial charge in [0.1, 0.15) is 6.04 Å². The molecule has 1 rings (SSSR count). The number of carbonyl (C=O) groups is 1. The van der Waals surface area contributed by atoms with Crippen LogP contribution in [0.3, 0.4) is 0 Å². The summed E-state index contributed by atoms with van der Waals surface area (Å²) in [7, 11) is 1.45. The molecule has 0 bridgehead atoms. The van der Waals surface area contributed by atoms with Crippen molar-refractivity contribution in [3.63, 3.8) is 0 Å². The molecular weight excluding hydrogens is 234 g/mol. The summed E-state index contributed by atoms with van der Waals surface area (Å²) in [6.45, 7) is 3.56. The number of phenols is 1. The van der Waals surface area contributed by atoms with Gasteiger partial charge in [0, 0.05) is 11.8 Å². The second-order valence-corrected chi connectivity index (χ2v) is 4.20. The Morgan fingerprint density at radius 3 is 2.61 bits per heavy atom. The van der Waals surface area contributed by atoms with E-state index in [0.717, 1.165) is 0 Å². The molecule has 0 saturated heterocycles. The van der Waals surface area contributed by atoms with Crippen molar-refractivity contribution in [2.45, 2.75) is 19.9 Å². The quantitative estimate of drug-likeness (QED) is 0.784. The highest BCUT2D eigenvalue weighted by Crippen LogP contribution is 2.28. The average Bonchev–Trinajstić information content (AvgIpc) is 2.30. The lowest BCUT2D eigenvalue weighted by atomic mass is 10.1. The van der Waals surface area contributed by atoms with Gasteiger partial charge in [-0.1, -0.05) is 19.9 Å². The predicted octanol–water partition coefficient (Wildman–Crippen LogP) is 1.93. The maximum absolute atomic E-state index is 11.0. The highest BCUT2D eigenvalue weighted by molar-refractivity contribution is 5.87. The van der Waals surface area contributed by atoms with Gasteiger partial charge in [0.15, 0.2) is 11.5 Å². The zero-order valence-electron chi connectivity index (χ0n) is 10.6. The molecular formula is C13H17NO4. The van der Waals surface area contributed by atoms with Crippen LogP contribution in [0.25, 0.3) is 0 Å². The van der Waals surface area contributed by atoms with Crippen molar-refractivity contribution in [3.05, 3.63) is 23.8 Å². The summed E-state index contributed by atoms with van der Waals surface area (Å²) in [6.07, 6.45) is 1.36. The summed E-state index contributed by atoms with van der Waals surface area (Å²) in [6, 6.07) is 4.13. The number of aliphatic imine (C=N–C) groups is 1. The number of para-hydroxylation sites is 1. The first-order valence-electron chi connectivity index (χ1n) is 5.59. The third-order valence-corrected chi connectivity index (χ3v) is 2.51. The first-order chi connectivity index (χ1) is 8.47. The lowest BCUT2D eigenvalue weighted by Gasteiger charge is -2.11. The van der Waals surface area contributed by atoms with Crippen molar-refractivity contribution in [1.29, 1.82) is 0 Å². The molecule has 5 heteroatoms. The zero-order valence-corrected chi connectivity index (χ0v) is 10.6. The van der Waals surface area contributed by atoms with Gasteiger partial charge in [-0.2, -0.15) is 0 Å². The molecule has 1 atom stereocenters. The number of nitrogens with zero attached hydrogens (tertiary/aromatic N) is 1. The van der Waals surface area contributed by atoms with Crippen LogP contribution in [-0.2, 0) is 4.79 Å². The summed E-state index contributed by atoms with van der Waals surface area (Å²) in [5, 5.41) is 18.8. The number of hydrogen-bond acceptors (Lipinski definition) is 4. The Balaban J connectivity index is 2.99. The largest absolute Gasteiger partial charge is 0.504 e. The van der Waals surface area contributed by atoms with Crippen molar-refractivity contribution >= 4 is 12.2 Å². The predicted molar refractivity (Wildman–Crippen MR) is 68.5 cm³/mol. The molecule has 1 unspecified atom stereocenters. The van der Waals surface area contributed by atoms with Crippen molar-refractivity contribution in [2.24, 2.45) is 10.9 Å². The fraction of sp³-hybridized carbons (Fsp3) is 0.385. The van der Waals surface area contributed by atoms with Crippen LogP contribution in [0.5, 0.6) is 11.5 Å². The van der Waals surface area contributed by atoms with Gasteiger partial charge in [-0.3, -0.25) is 4.99 Å². The van der Waals surface area contributed by atoms with Gasteiger partial charge in [-0.15, -0.1) is 0 Å². The Morgan fingerprint density at radius 2 is 2.11 bits per heavy atom. The van der Waals surface area contributed by atoms with Crippen molar-refractivity contribution in [3.8, 4) is 11.5 Å². The van der Waals surface area contributed by atoms with Gasteiger partial charge in [-0.05, 0) is 18.1 Å². The molecule has 0 fully saturated rings. The minimum absolute atomic E-state index is 0.0448. The third kappa shape index (κ3) is 3.23. The molecule has 0 saturated carbocycles. The lowest BCUT2D eigenvalue weighted by Crippen LogP contribution is -2.24. The van der Waals surface area contributed by atoms with E-state index in [1.165, 1.54) is 13.3 Å². The minimum atomic E-state index is -0.983. The third-order valence-electron chi connectivity index (χ3n) is 2.51. The number of carboxylic acid groups (broad SMARTS) is 1. The van der Waals surface area contributed by atoms with E-state index in [9.17, 15) is 9.90 Å². The molecule has 0 aliphatic rings. The number of carboxylic acids is 1. The molecule has 1 aromatic rings. The highest BCUT2D eigenvalue weighted by Gasteiger charge is 2.19. The van der Waals surface area contributed by atoms with Crippen LogP contribution in [0.2, 0.25) is 0 Å². The van der Waals surface area contributed by atoms with E-state index in [4.69, 9.17) is 9.84 Å². The number of phenolic OH excluding ortho intramolecular Hbond substituents is 1. The zero-order chi connectivity index (χ0) is 13.7. The van der Waals surface area contributed by atoms with E-state index < -0.39 is 12.0 Å². The van der Waals surface area contributed by atoms with E-state index >= 15 is 0 Å². The number of rotatable bonds is 5. The van der Waals surface area contributed by atoms with Gasteiger partial charge in [0.05, 0.1) is 7.11 Å². The SMILES string of the molecule is COc1cccc(C=NC(C(=O)O)C(C)C)c1O. The monoisotopic (exact) mass is 251 g/mol. The van der Waals surface area contributed by atoms with Gasteiger partial charge in [0.2, 0.25) is 0 Å². The average molecular weight is 251 g/mol. The van der Waals surface area contributed by atoms with Gasteiger partial charge < -0.3 is 14.9 Å². The van der Waals surface area contributed by atoms with Gasteiger partial charge in [-0.25, -0.2) is 4.79 Å². The summed E-state index contributed by atoms with van der Waals surface area (Å²) < 4.78 is 4.96. The number of hydrogen-bond donors (Lipinski definition) is 2. The second-order valence-electron chi connectivity index (χ2n) is 4.20. The first kappa shape index (κ1) is 14.0. The maximum Gasteiger partial charge on any atom is 0.328 e. The maximum atomic E-state index is 11.0. The van der Waals surface area contributed by atoms with E-state index in [1.807, 2.05) is 0 Å². The molecule has 0 aromatic heterocycles. The Bertz CT molecular complexity index is 454. The Hall–Kier alpha value is -2.04. The smallest absolute Gasteiger partial charge is 0.328 e. The minimum Gasteiger partial charge on any atom is -0.504 e. The van der Waals surface area contributed by atoms with E-state index in [2.05, 4.69) is 4.99 Å². The van der Waals surface area contributed by atoms with Crippen LogP contribution in [-0.4, -0.2) is 35.5 Å². The van der Waals surface area contributed by atoms with Crippen LogP contribution < -0.4 is 4.74 Å². The molecule has 18 heavy (non-hydrogen) atoms. The standard InChI is InChI=1S/C13H17NO4/c1-8(2)11(13(16)17)14-7-9-5-4-6-10(18-3)12(9)15/h4-8,11,15H,1-3H3,(H,16,17). The second kappa shape index (κ2) is 6.05. The van der Waals surface area contributed by atoms with Gasteiger partial charge in [0.25, 0.3) is 0 Å². The number of benzene rings is 1.